The average Bonchev–Trinajstić information content (AvgIpc) is 2.28. The Morgan fingerprint density at radius 1 is 1.44 bits per heavy atom. The number of rotatable bonds is 6. The molecule has 0 saturated heterocycles. The van der Waals surface area contributed by atoms with Gasteiger partial charge in [0.15, 0.2) is 0 Å². The van der Waals surface area contributed by atoms with Crippen LogP contribution in [0.1, 0.15) is 6.92 Å². The number of primary amides is 1. The van der Waals surface area contributed by atoms with Crippen LogP contribution in [0.2, 0.25) is 0 Å². The second-order valence-corrected chi connectivity index (χ2v) is 3.35. The number of ether oxygens (including phenoxy) is 1. The Morgan fingerprint density at radius 3 is 2.56 bits per heavy atom. The maximum atomic E-state index is 10.7. The van der Waals surface area contributed by atoms with Crippen molar-refractivity contribution in [3.63, 3.8) is 0 Å². The van der Waals surface area contributed by atoms with E-state index >= 15 is 0 Å². The first-order valence-electron chi connectivity index (χ1n) is 5.15. The van der Waals surface area contributed by atoms with E-state index in [2.05, 4.69) is 5.32 Å². The number of nitrogens with two attached hydrogens (primary N) is 2. The second kappa shape index (κ2) is 5.97. The summed E-state index contributed by atoms with van der Waals surface area (Å²) in [6, 6.07) is 6.74. The van der Waals surface area contributed by atoms with Gasteiger partial charge in [-0.05, 0) is 31.2 Å². The summed E-state index contributed by atoms with van der Waals surface area (Å²) in [5.41, 5.74) is 11.4. The fourth-order valence-corrected chi connectivity index (χ4v) is 1.16. The summed E-state index contributed by atoms with van der Waals surface area (Å²) in [4.78, 5) is 10.7. The predicted molar refractivity (Wildman–Crippen MR) is 63.3 cm³/mol. The van der Waals surface area contributed by atoms with Crippen molar-refractivity contribution in [1.82, 2.24) is 0 Å². The average molecular weight is 223 g/mol. The van der Waals surface area contributed by atoms with Crippen molar-refractivity contribution in [3.8, 4) is 5.75 Å². The highest BCUT2D eigenvalue weighted by molar-refractivity contribution is 5.80. The Labute approximate surface area is 94.8 Å². The van der Waals surface area contributed by atoms with E-state index in [0.29, 0.717) is 13.2 Å². The van der Waals surface area contributed by atoms with Gasteiger partial charge in [0.25, 0.3) is 0 Å². The minimum absolute atomic E-state index is 0.323. The van der Waals surface area contributed by atoms with E-state index in [4.69, 9.17) is 16.2 Å². The van der Waals surface area contributed by atoms with E-state index in [1.165, 1.54) is 0 Å². The third-order valence-corrected chi connectivity index (χ3v) is 2.06. The molecule has 0 aliphatic rings. The van der Waals surface area contributed by atoms with Gasteiger partial charge in [0.05, 0.1) is 6.61 Å². The minimum Gasteiger partial charge on any atom is -0.494 e. The zero-order valence-electron chi connectivity index (χ0n) is 9.27. The van der Waals surface area contributed by atoms with Crippen molar-refractivity contribution < 1.29 is 9.53 Å². The number of hydrogen-bond donors (Lipinski definition) is 3. The maximum absolute atomic E-state index is 10.7. The Kier molecular flexibility index (Phi) is 4.60. The summed E-state index contributed by atoms with van der Waals surface area (Å²) in [5, 5.41) is 3.01. The molecule has 5 N–H and O–H groups in total. The highest BCUT2D eigenvalue weighted by Gasteiger charge is 2.07. The van der Waals surface area contributed by atoms with Gasteiger partial charge in [-0.25, -0.2) is 0 Å². The molecule has 0 fully saturated rings. The number of benzene rings is 1. The lowest BCUT2D eigenvalue weighted by Crippen LogP contribution is -2.41. The molecule has 1 amide bonds. The summed E-state index contributed by atoms with van der Waals surface area (Å²) < 4.78 is 5.30. The van der Waals surface area contributed by atoms with Crippen molar-refractivity contribution >= 4 is 11.6 Å². The largest absolute Gasteiger partial charge is 0.494 e. The Hall–Kier alpha value is -1.75. The number of hydrogen-bond acceptors (Lipinski definition) is 4. The summed E-state index contributed by atoms with van der Waals surface area (Å²) >= 11 is 0. The SMILES string of the molecule is CCOc1ccc(NCC(N)C(N)=O)cc1. The lowest BCUT2D eigenvalue weighted by Gasteiger charge is -2.10. The number of carbonyl (C=O) groups excluding carboxylic acids is 1. The zero-order chi connectivity index (χ0) is 12.0. The van der Waals surface area contributed by atoms with Crippen LogP contribution < -0.4 is 21.5 Å². The number of amides is 1. The molecular formula is C11H17N3O2. The number of carbonyl (C=O) groups is 1. The van der Waals surface area contributed by atoms with Gasteiger partial charge in [0, 0.05) is 12.2 Å². The van der Waals surface area contributed by atoms with Crippen molar-refractivity contribution in [2.24, 2.45) is 11.5 Å². The molecule has 1 aromatic rings. The third-order valence-electron chi connectivity index (χ3n) is 2.06. The van der Waals surface area contributed by atoms with E-state index in [1.54, 1.807) is 0 Å². The van der Waals surface area contributed by atoms with Crippen LogP contribution >= 0.6 is 0 Å². The van der Waals surface area contributed by atoms with Gasteiger partial charge >= 0.3 is 0 Å². The molecule has 0 aliphatic heterocycles. The summed E-state index contributed by atoms with van der Waals surface area (Å²) in [5.74, 6) is 0.297. The zero-order valence-corrected chi connectivity index (χ0v) is 9.27. The predicted octanol–water partition coefficient (Wildman–Crippen LogP) is 0.310. The van der Waals surface area contributed by atoms with Crippen LogP contribution in [0.3, 0.4) is 0 Å². The first-order chi connectivity index (χ1) is 7.63. The highest BCUT2D eigenvalue weighted by atomic mass is 16.5. The molecule has 0 aromatic heterocycles. The van der Waals surface area contributed by atoms with Crippen LogP contribution in [0.4, 0.5) is 5.69 Å². The topological polar surface area (TPSA) is 90.4 Å². The molecule has 0 saturated carbocycles. The third kappa shape index (κ3) is 3.78. The maximum Gasteiger partial charge on any atom is 0.236 e. The van der Waals surface area contributed by atoms with Crippen LogP contribution in [-0.2, 0) is 4.79 Å². The van der Waals surface area contributed by atoms with Gasteiger partial charge in [0.1, 0.15) is 11.8 Å². The normalized spacial score (nSPS) is 11.9. The van der Waals surface area contributed by atoms with Gasteiger partial charge < -0.3 is 21.5 Å². The lowest BCUT2D eigenvalue weighted by atomic mass is 10.2. The fraction of sp³-hybridized carbons (Fsp3) is 0.364. The Bertz CT molecular complexity index is 338. The van der Waals surface area contributed by atoms with Crippen LogP contribution in [0, 0.1) is 0 Å². The quantitative estimate of drug-likeness (QED) is 0.647. The highest BCUT2D eigenvalue weighted by Crippen LogP contribution is 2.15. The van der Waals surface area contributed by atoms with Crippen LogP contribution in [0.5, 0.6) is 5.75 Å². The molecular weight excluding hydrogens is 206 g/mol. The molecule has 5 heteroatoms. The summed E-state index contributed by atoms with van der Waals surface area (Å²) in [7, 11) is 0. The first-order valence-corrected chi connectivity index (χ1v) is 5.15. The summed E-state index contributed by atoms with van der Waals surface area (Å²) in [6.07, 6.45) is 0. The minimum atomic E-state index is -0.674. The molecule has 0 radical (unpaired) electrons. The molecule has 88 valence electrons. The van der Waals surface area contributed by atoms with Crippen molar-refractivity contribution in [2.45, 2.75) is 13.0 Å². The van der Waals surface area contributed by atoms with Crippen LogP contribution in [-0.4, -0.2) is 25.1 Å². The van der Waals surface area contributed by atoms with Gasteiger partial charge in [-0.2, -0.15) is 0 Å². The van der Waals surface area contributed by atoms with E-state index in [9.17, 15) is 4.79 Å². The van der Waals surface area contributed by atoms with Gasteiger partial charge in [-0.15, -0.1) is 0 Å². The molecule has 1 atom stereocenters. The molecule has 0 spiro atoms. The molecule has 5 nitrogen and oxygen atoms in total. The van der Waals surface area contributed by atoms with E-state index in [1.807, 2.05) is 31.2 Å². The molecule has 0 heterocycles. The molecule has 1 aromatic carbocycles. The standard InChI is InChI=1S/C11H17N3O2/c1-2-16-9-5-3-8(4-6-9)14-7-10(12)11(13)15/h3-6,10,14H,2,7,12H2,1H3,(H2,13,15). The van der Waals surface area contributed by atoms with Crippen molar-refractivity contribution in [1.29, 1.82) is 0 Å². The molecule has 16 heavy (non-hydrogen) atoms. The van der Waals surface area contributed by atoms with Gasteiger partial charge in [-0.1, -0.05) is 0 Å². The van der Waals surface area contributed by atoms with Crippen molar-refractivity contribution in [2.75, 3.05) is 18.5 Å². The molecule has 0 aliphatic carbocycles. The number of anilines is 1. The van der Waals surface area contributed by atoms with E-state index < -0.39 is 11.9 Å². The smallest absolute Gasteiger partial charge is 0.236 e. The summed E-state index contributed by atoms with van der Waals surface area (Å²) in [6.45, 7) is 2.89. The van der Waals surface area contributed by atoms with Crippen LogP contribution in [0.15, 0.2) is 24.3 Å². The van der Waals surface area contributed by atoms with Gasteiger partial charge in [-0.3, -0.25) is 4.79 Å². The molecule has 0 bridgehead atoms. The monoisotopic (exact) mass is 223 g/mol. The van der Waals surface area contributed by atoms with Crippen LogP contribution in [0.25, 0.3) is 0 Å². The fourth-order valence-electron chi connectivity index (χ4n) is 1.16. The first kappa shape index (κ1) is 12.3. The van der Waals surface area contributed by atoms with Gasteiger partial charge in [0.2, 0.25) is 5.91 Å². The Morgan fingerprint density at radius 2 is 2.06 bits per heavy atom. The molecule has 1 rings (SSSR count). The van der Waals surface area contributed by atoms with Crippen molar-refractivity contribution in [3.05, 3.63) is 24.3 Å². The molecule has 1 unspecified atom stereocenters. The lowest BCUT2D eigenvalue weighted by molar-refractivity contribution is -0.118. The Balaban J connectivity index is 2.46. The van der Waals surface area contributed by atoms with E-state index in [0.717, 1.165) is 11.4 Å². The van der Waals surface area contributed by atoms with E-state index in [-0.39, 0.29) is 0 Å². The number of nitrogens with one attached hydrogen (secondary N) is 1. The second-order valence-electron chi connectivity index (χ2n) is 3.35.